The summed E-state index contributed by atoms with van der Waals surface area (Å²) in [6.07, 6.45) is -0.548. The van der Waals surface area contributed by atoms with Gasteiger partial charge < -0.3 is 10.4 Å². The van der Waals surface area contributed by atoms with Crippen LogP contribution in [0, 0.1) is 0 Å². The minimum atomic E-state index is -0.548. The molecule has 96 valence electrons. The van der Waals surface area contributed by atoms with Crippen LogP contribution in [0.4, 0.5) is 5.69 Å². The summed E-state index contributed by atoms with van der Waals surface area (Å²) in [6, 6.07) is 7.58. The molecule has 18 heavy (non-hydrogen) atoms. The fourth-order valence-corrected chi connectivity index (χ4v) is 1.54. The first-order chi connectivity index (χ1) is 8.69. The highest BCUT2D eigenvalue weighted by atomic mass is 35.5. The van der Waals surface area contributed by atoms with E-state index in [9.17, 15) is 5.11 Å². The van der Waals surface area contributed by atoms with E-state index < -0.39 is 6.10 Å². The number of nitrogens with one attached hydrogen (secondary N) is 1. The van der Waals surface area contributed by atoms with Gasteiger partial charge in [0, 0.05) is 17.8 Å². The van der Waals surface area contributed by atoms with E-state index in [1.54, 1.807) is 7.05 Å². The van der Waals surface area contributed by atoms with Gasteiger partial charge in [-0.1, -0.05) is 0 Å². The number of hydrogen-bond acceptors (Lipinski definition) is 5. The smallest absolute Gasteiger partial charge is 0.204 e. The van der Waals surface area contributed by atoms with E-state index in [4.69, 9.17) is 11.6 Å². The van der Waals surface area contributed by atoms with E-state index in [0.29, 0.717) is 12.4 Å². The van der Waals surface area contributed by atoms with Gasteiger partial charge in [0.25, 0.3) is 0 Å². The Labute approximate surface area is 110 Å². The molecule has 2 aromatic rings. The molecule has 1 aromatic carbocycles. The summed E-state index contributed by atoms with van der Waals surface area (Å²) in [5, 5.41) is 24.2. The summed E-state index contributed by atoms with van der Waals surface area (Å²) in [7, 11) is 1.72. The van der Waals surface area contributed by atoms with Crippen molar-refractivity contribution >= 4 is 17.3 Å². The number of aliphatic hydroxyl groups is 1. The summed E-state index contributed by atoms with van der Waals surface area (Å²) in [5.74, 6) is 0.805. The number of benzene rings is 1. The Kier molecular flexibility index (Phi) is 4.11. The van der Waals surface area contributed by atoms with Gasteiger partial charge in [-0.25, -0.2) is 0 Å². The van der Waals surface area contributed by atoms with E-state index in [1.165, 1.54) is 4.80 Å². The lowest BCUT2D eigenvalue weighted by Gasteiger charge is -2.09. The van der Waals surface area contributed by atoms with Gasteiger partial charge in [0.2, 0.25) is 5.82 Å². The van der Waals surface area contributed by atoms with Crippen molar-refractivity contribution < 1.29 is 5.11 Å². The molecule has 0 amide bonds. The summed E-state index contributed by atoms with van der Waals surface area (Å²) in [5.41, 5.74) is 1.80. The maximum absolute atomic E-state index is 9.33. The van der Waals surface area contributed by atoms with E-state index >= 15 is 0 Å². The molecule has 2 N–H and O–H groups in total. The van der Waals surface area contributed by atoms with Crippen LogP contribution >= 0.6 is 11.6 Å². The van der Waals surface area contributed by atoms with Crippen molar-refractivity contribution in [3.8, 4) is 11.4 Å². The van der Waals surface area contributed by atoms with E-state index in [2.05, 4.69) is 20.7 Å². The van der Waals surface area contributed by atoms with Crippen LogP contribution in [-0.4, -0.2) is 43.8 Å². The van der Waals surface area contributed by atoms with Crippen molar-refractivity contribution in [2.24, 2.45) is 7.05 Å². The van der Waals surface area contributed by atoms with Gasteiger partial charge in [-0.2, -0.15) is 4.80 Å². The Morgan fingerprint density at radius 1 is 1.39 bits per heavy atom. The lowest BCUT2D eigenvalue weighted by Crippen LogP contribution is -2.20. The predicted octanol–water partition coefficient (Wildman–Crippen LogP) is 0.889. The van der Waals surface area contributed by atoms with Crippen molar-refractivity contribution in [1.29, 1.82) is 0 Å². The molecule has 1 aromatic heterocycles. The zero-order valence-electron chi connectivity index (χ0n) is 9.91. The van der Waals surface area contributed by atoms with Crippen LogP contribution in [0.3, 0.4) is 0 Å². The Morgan fingerprint density at radius 3 is 2.67 bits per heavy atom. The van der Waals surface area contributed by atoms with Crippen LogP contribution < -0.4 is 5.32 Å². The summed E-state index contributed by atoms with van der Waals surface area (Å²) in [6.45, 7) is 0.423. The Balaban J connectivity index is 2.01. The second kappa shape index (κ2) is 5.79. The zero-order chi connectivity index (χ0) is 13.0. The minimum Gasteiger partial charge on any atom is -0.390 e. The molecule has 0 saturated carbocycles. The zero-order valence-corrected chi connectivity index (χ0v) is 10.7. The number of aliphatic hydroxyl groups excluding tert-OH is 1. The van der Waals surface area contributed by atoms with Gasteiger partial charge in [0.1, 0.15) is 0 Å². The van der Waals surface area contributed by atoms with Crippen molar-refractivity contribution in [2.75, 3.05) is 17.7 Å². The van der Waals surface area contributed by atoms with E-state index in [1.807, 2.05) is 24.3 Å². The van der Waals surface area contributed by atoms with Crippen LogP contribution in [0.2, 0.25) is 0 Å². The minimum absolute atomic E-state index is 0.217. The highest BCUT2D eigenvalue weighted by Gasteiger charge is 2.05. The van der Waals surface area contributed by atoms with Gasteiger partial charge >= 0.3 is 0 Å². The predicted molar refractivity (Wildman–Crippen MR) is 69.5 cm³/mol. The summed E-state index contributed by atoms with van der Waals surface area (Å²) < 4.78 is 0. The van der Waals surface area contributed by atoms with Gasteiger partial charge in [0.05, 0.1) is 19.0 Å². The third-order valence-electron chi connectivity index (χ3n) is 2.37. The average Bonchev–Trinajstić information content (AvgIpc) is 2.83. The number of halogens is 1. The lowest BCUT2D eigenvalue weighted by atomic mass is 10.2. The first-order valence-corrected chi connectivity index (χ1v) is 6.05. The molecule has 0 aliphatic carbocycles. The van der Waals surface area contributed by atoms with Crippen LogP contribution in [-0.2, 0) is 7.05 Å². The first-order valence-electron chi connectivity index (χ1n) is 5.51. The van der Waals surface area contributed by atoms with Crippen molar-refractivity contribution in [1.82, 2.24) is 20.2 Å². The molecule has 1 heterocycles. The van der Waals surface area contributed by atoms with Gasteiger partial charge in [0.15, 0.2) is 0 Å². The molecule has 2 rings (SSSR count). The maximum atomic E-state index is 9.33. The number of tetrazole rings is 1. The van der Waals surface area contributed by atoms with Gasteiger partial charge in [-0.05, 0) is 29.5 Å². The normalized spacial score (nSPS) is 12.4. The molecule has 1 unspecified atom stereocenters. The summed E-state index contributed by atoms with van der Waals surface area (Å²) >= 11 is 5.51. The molecule has 7 heteroatoms. The van der Waals surface area contributed by atoms with E-state index in [-0.39, 0.29) is 5.88 Å². The number of hydrogen-bond donors (Lipinski definition) is 2. The lowest BCUT2D eigenvalue weighted by molar-refractivity contribution is 0.211. The summed E-state index contributed by atoms with van der Waals surface area (Å²) in [4.78, 5) is 1.42. The molecule has 0 aliphatic heterocycles. The first kappa shape index (κ1) is 12.8. The van der Waals surface area contributed by atoms with Crippen molar-refractivity contribution in [3.63, 3.8) is 0 Å². The number of alkyl halides is 1. The molecule has 0 spiro atoms. The van der Waals surface area contributed by atoms with Crippen LogP contribution in [0.15, 0.2) is 24.3 Å². The molecular formula is C11H14ClN5O. The topological polar surface area (TPSA) is 75.9 Å². The molecular weight excluding hydrogens is 254 g/mol. The van der Waals surface area contributed by atoms with Crippen molar-refractivity contribution in [3.05, 3.63) is 24.3 Å². The SMILES string of the molecule is Cn1nnc(-c2ccc(NCC(O)CCl)cc2)n1. The second-order valence-electron chi connectivity index (χ2n) is 3.87. The molecule has 0 aliphatic rings. The van der Waals surface area contributed by atoms with Crippen molar-refractivity contribution in [2.45, 2.75) is 6.10 Å². The van der Waals surface area contributed by atoms with Gasteiger partial charge in [-0.3, -0.25) is 0 Å². The molecule has 0 saturated heterocycles. The molecule has 6 nitrogen and oxygen atoms in total. The highest BCUT2D eigenvalue weighted by molar-refractivity contribution is 6.18. The quantitative estimate of drug-likeness (QED) is 0.787. The molecule has 0 fully saturated rings. The van der Waals surface area contributed by atoms with Crippen LogP contribution in [0.25, 0.3) is 11.4 Å². The van der Waals surface area contributed by atoms with Crippen LogP contribution in [0.5, 0.6) is 0 Å². The Bertz CT molecular complexity index is 498. The monoisotopic (exact) mass is 267 g/mol. The number of rotatable bonds is 5. The standard InChI is InChI=1S/C11H14ClN5O/c1-17-15-11(14-16-17)8-2-4-9(5-3-8)13-7-10(18)6-12/h2-5,10,13,18H,6-7H2,1H3. The average molecular weight is 268 g/mol. The van der Waals surface area contributed by atoms with E-state index in [0.717, 1.165) is 11.3 Å². The third kappa shape index (κ3) is 3.18. The van der Waals surface area contributed by atoms with Gasteiger partial charge in [-0.15, -0.1) is 21.8 Å². The number of aromatic nitrogens is 4. The Hall–Kier alpha value is -1.66. The maximum Gasteiger partial charge on any atom is 0.204 e. The molecule has 0 radical (unpaired) electrons. The number of anilines is 1. The largest absolute Gasteiger partial charge is 0.390 e. The fourth-order valence-electron chi connectivity index (χ4n) is 1.43. The molecule has 0 bridgehead atoms. The molecule has 1 atom stereocenters. The van der Waals surface area contributed by atoms with Crippen LogP contribution in [0.1, 0.15) is 0 Å². The second-order valence-corrected chi connectivity index (χ2v) is 4.18. The third-order valence-corrected chi connectivity index (χ3v) is 2.73. The number of nitrogens with zero attached hydrogens (tertiary/aromatic N) is 4. The fraction of sp³-hybridized carbons (Fsp3) is 0.364. The Morgan fingerprint density at radius 2 is 2.11 bits per heavy atom. The highest BCUT2D eigenvalue weighted by Crippen LogP contribution is 2.16. The number of aryl methyl sites for hydroxylation is 1.